The minimum atomic E-state index is -1.97. The lowest BCUT2D eigenvalue weighted by atomic mass is 9.96. The van der Waals surface area contributed by atoms with Crippen molar-refractivity contribution >= 4 is 5.91 Å². The quantitative estimate of drug-likeness (QED) is 0.0199. The molecule has 624 valence electrons. The van der Waals surface area contributed by atoms with Crippen LogP contribution in [0.5, 0.6) is 0 Å². The molecule has 0 aromatic carbocycles. The first-order valence-corrected chi connectivity index (χ1v) is 43.7. The molecule has 107 heavy (non-hydrogen) atoms. The van der Waals surface area contributed by atoms with Crippen molar-refractivity contribution < 1.29 is 89.4 Å². The molecule has 0 aliphatic carbocycles. The number of amides is 1. The number of allylic oxidation sites excluding steroid dienone is 12. The Labute approximate surface area is 648 Å². The lowest BCUT2D eigenvalue weighted by molar-refractivity contribution is -0.379. The van der Waals surface area contributed by atoms with Crippen LogP contribution in [-0.2, 0) is 33.2 Å². The maximum Gasteiger partial charge on any atom is 0.220 e. The van der Waals surface area contributed by atoms with E-state index in [0.717, 1.165) is 83.5 Å². The van der Waals surface area contributed by atoms with E-state index in [4.69, 9.17) is 28.4 Å². The first kappa shape index (κ1) is 98.4. The Hall–Kier alpha value is -2.77. The monoisotopic (exact) mass is 1520 g/mol. The van der Waals surface area contributed by atoms with Gasteiger partial charge in [0.1, 0.15) is 73.2 Å². The number of unbranched alkanes of at least 4 members (excludes halogenated alkanes) is 42. The van der Waals surface area contributed by atoms with E-state index >= 15 is 0 Å². The van der Waals surface area contributed by atoms with E-state index in [0.29, 0.717) is 12.8 Å². The number of ether oxygens (including phenoxy) is 6. The van der Waals surface area contributed by atoms with Crippen LogP contribution in [0.15, 0.2) is 72.9 Å². The average Bonchev–Trinajstić information content (AvgIpc) is 0.782. The van der Waals surface area contributed by atoms with Gasteiger partial charge in [-0.3, -0.25) is 4.79 Å². The van der Waals surface area contributed by atoms with Gasteiger partial charge in [0, 0.05) is 6.42 Å². The zero-order valence-electron chi connectivity index (χ0n) is 67.1. The van der Waals surface area contributed by atoms with Crippen molar-refractivity contribution in [2.45, 2.75) is 452 Å². The van der Waals surface area contributed by atoms with Crippen LogP contribution >= 0.6 is 0 Å². The number of hydrogen-bond donors (Lipinski definition) is 12. The third kappa shape index (κ3) is 46.9. The Bertz CT molecular complexity index is 2210. The van der Waals surface area contributed by atoms with E-state index in [1.54, 1.807) is 0 Å². The summed E-state index contributed by atoms with van der Waals surface area (Å²) in [5.41, 5.74) is 0. The topological polar surface area (TPSA) is 307 Å². The highest BCUT2D eigenvalue weighted by molar-refractivity contribution is 5.76. The minimum absolute atomic E-state index is 0.237. The number of hydrogen-bond acceptors (Lipinski definition) is 18. The van der Waals surface area contributed by atoms with Gasteiger partial charge < -0.3 is 89.9 Å². The smallest absolute Gasteiger partial charge is 0.220 e. The van der Waals surface area contributed by atoms with Crippen molar-refractivity contribution in [3.05, 3.63) is 72.9 Å². The molecule has 0 spiro atoms. The number of aliphatic hydroxyl groups is 11. The molecular weight excluding hydrogens is 1360 g/mol. The predicted octanol–water partition coefficient (Wildman–Crippen LogP) is 16.0. The Balaban J connectivity index is 1.29. The molecule has 1 amide bonds. The summed E-state index contributed by atoms with van der Waals surface area (Å²) in [6.45, 7) is 1.73. The normalized spacial score (nSPS) is 25.9. The molecule has 0 aromatic heterocycles. The number of carbonyl (C=O) groups excluding carboxylic acids is 1. The summed E-state index contributed by atoms with van der Waals surface area (Å²) in [7, 11) is 0. The number of rotatable bonds is 70. The van der Waals surface area contributed by atoms with Crippen molar-refractivity contribution in [1.82, 2.24) is 5.32 Å². The molecule has 12 N–H and O–H groups in total. The SMILES string of the molecule is CC/C=C\C/C=C\C/C=C\C/C=C\C/C=C\C/C=C\CCCCCCCCCCCCCCCCCCCCCCCCC(=O)NC(COC1OC(CO)C(OC2OC(CO)C(OC3OC(CO)C(O)C(O)C3O)C(O)C2O)C(O)C1O)C(O)CCCCCCCCCCCCCCCCCCCCCCC. The van der Waals surface area contributed by atoms with Crippen molar-refractivity contribution in [1.29, 1.82) is 0 Å². The van der Waals surface area contributed by atoms with E-state index in [1.807, 2.05) is 0 Å². The van der Waals surface area contributed by atoms with Gasteiger partial charge in [0.05, 0.1) is 38.6 Å². The largest absolute Gasteiger partial charge is 0.394 e. The summed E-state index contributed by atoms with van der Waals surface area (Å²) in [6, 6.07) is -0.889. The van der Waals surface area contributed by atoms with Crippen molar-refractivity contribution in [2.24, 2.45) is 0 Å². The third-order valence-corrected chi connectivity index (χ3v) is 21.5. The molecule has 3 aliphatic heterocycles. The first-order valence-electron chi connectivity index (χ1n) is 43.7. The number of carbonyl (C=O) groups is 1. The lowest BCUT2D eigenvalue weighted by Gasteiger charge is -2.48. The summed E-state index contributed by atoms with van der Waals surface area (Å²) in [5.74, 6) is -0.237. The van der Waals surface area contributed by atoms with Gasteiger partial charge in [-0.15, -0.1) is 0 Å². The second-order valence-electron chi connectivity index (χ2n) is 31.0. The summed E-state index contributed by atoms with van der Waals surface area (Å²) in [6.07, 6.45) is 62.9. The summed E-state index contributed by atoms with van der Waals surface area (Å²) >= 11 is 0. The third-order valence-electron chi connectivity index (χ3n) is 21.5. The van der Waals surface area contributed by atoms with E-state index in [1.165, 1.54) is 231 Å². The van der Waals surface area contributed by atoms with Crippen molar-refractivity contribution in [3.63, 3.8) is 0 Å². The molecule has 19 heteroatoms. The second-order valence-corrected chi connectivity index (χ2v) is 31.0. The van der Waals surface area contributed by atoms with E-state index in [9.17, 15) is 61.0 Å². The molecule has 17 unspecified atom stereocenters. The van der Waals surface area contributed by atoms with Crippen molar-refractivity contribution in [3.8, 4) is 0 Å². The molecule has 17 atom stereocenters. The molecule has 0 aromatic rings. The van der Waals surface area contributed by atoms with E-state index in [2.05, 4.69) is 92.1 Å². The van der Waals surface area contributed by atoms with Crippen LogP contribution in [0, 0.1) is 0 Å². The molecular formula is C88H159NO18. The molecule has 3 aliphatic rings. The molecule has 19 nitrogen and oxygen atoms in total. The van der Waals surface area contributed by atoms with Gasteiger partial charge in [0.25, 0.3) is 0 Å². The second kappa shape index (κ2) is 67.7. The minimum Gasteiger partial charge on any atom is -0.394 e. The van der Waals surface area contributed by atoms with Crippen molar-refractivity contribution in [2.75, 3.05) is 26.4 Å². The molecule has 0 radical (unpaired) electrons. The summed E-state index contributed by atoms with van der Waals surface area (Å²) < 4.78 is 34.6. The fourth-order valence-electron chi connectivity index (χ4n) is 14.6. The highest BCUT2D eigenvalue weighted by atomic mass is 16.8. The molecule has 0 bridgehead atoms. The Kier molecular flexibility index (Phi) is 62.3. The van der Waals surface area contributed by atoms with Gasteiger partial charge in [-0.2, -0.15) is 0 Å². The van der Waals surface area contributed by atoms with Gasteiger partial charge in [0.15, 0.2) is 18.9 Å². The van der Waals surface area contributed by atoms with Crippen LogP contribution in [0.2, 0.25) is 0 Å². The van der Waals surface area contributed by atoms with E-state index in [-0.39, 0.29) is 18.9 Å². The predicted molar refractivity (Wildman–Crippen MR) is 429 cm³/mol. The summed E-state index contributed by atoms with van der Waals surface area (Å²) in [5, 5.41) is 121. The van der Waals surface area contributed by atoms with Gasteiger partial charge >= 0.3 is 0 Å². The highest BCUT2D eigenvalue weighted by Gasteiger charge is 2.54. The van der Waals surface area contributed by atoms with Crippen LogP contribution in [0.1, 0.15) is 348 Å². The molecule has 3 rings (SSSR count). The Morgan fingerprint density at radius 2 is 0.645 bits per heavy atom. The van der Waals surface area contributed by atoms with Gasteiger partial charge in [-0.05, 0) is 64.2 Å². The zero-order chi connectivity index (χ0) is 77.4. The van der Waals surface area contributed by atoms with Crippen LogP contribution in [0.4, 0.5) is 0 Å². The van der Waals surface area contributed by atoms with Crippen LogP contribution in [0.3, 0.4) is 0 Å². The van der Waals surface area contributed by atoms with E-state index < -0.39 is 124 Å². The molecule has 3 heterocycles. The Morgan fingerprint density at radius 1 is 0.346 bits per heavy atom. The maximum atomic E-state index is 13.5. The van der Waals surface area contributed by atoms with Crippen LogP contribution in [-0.4, -0.2) is 193 Å². The molecule has 3 saturated heterocycles. The van der Waals surface area contributed by atoms with Gasteiger partial charge in [-0.1, -0.05) is 350 Å². The summed E-state index contributed by atoms with van der Waals surface area (Å²) in [4.78, 5) is 13.5. The van der Waals surface area contributed by atoms with Crippen LogP contribution < -0.4 is 5.32 Å². The Morgan fingerprint density at radius 3 is 1.01 bits per heavy atom. The zero-order valence-corrected chi connectivity index (χ0v) is 67.1. The fourth-order valence-corrected chi connectivity index (χ4v) is 14.6. The fraction of sp³-hybridized carbons (Fsp3) is 0.852. The number of aliphatic hydroxyl groups excluding tert-OH is 11. The highest BCUT2D eigenvalue weighted by Crippen LogP contribution is 2.34. The van der Waals surface area contributed by atoms with Gasteiger partial charge in [-0.25, -0.2) is 0 Å². The average molecular weight is 1520 g/mol. The molecule has 0 saturated carbocycles. The lowest BCUT2D eigenvalue weighted by Crippen LogP contribution is -2.66. The van der Waals surface area contributed by atoms with Gasteiger partial charge in [0.2, 0.25) is 5.91 Å². The molecule has 3 fully saturated rings. The first-order chi connectivity index (χ1) is 52.3. The number of nitrogens with one attached hydrogen (secondary N) is 1. The van der Waals surface area contributed by atoms with Crippen LogP contribution in [0.25, 0.3) is 0 Å². The maximum absolute atomic E-state index is 13.5. The standard InChI is InChI=1S/C88H159NO18/c1-3-5-7-9-11-13-15-17-19-21-23-25-26-27-28-29-30-31-32-33-34-35-36-37-38-39-40-41-42-43-44-46-48-50-52-54-56-58-60-62-64-66-76(94)89-71(72(93)65-63-61-59-57-55-53-51-49-47-45-24-22-20-18-16-14-12-10-8-6-4-2)70-102-86-82(100)79(97)84(74(68-91)104-86)107-88-83(101)80(98)85(75(69-92)105-88)106-87-81(99)78(96)77(95)73(67-90)103-87/h5,7,11,13,17,19,23,25,27-28,30-31,71-75,77-88,90-93,95-101H,3-4,6,8-10,12,14-16,18,20-22,24,26,29,32-70H2,1-2H3,(H,89,94)/b7-5-,13-11-,19-17-,25-23-,28-27-,31-30-.